The zero-order valence-corrected chi connectivity index (χ0v) is 8.66. The van der Waals surface area contributed by atoms with Crippen molar-refractivity contribution >= 4 is 5.97 Å². The van der Waals surface area contributed by atoms with Gasteiger partial charge in [-0.3, -0.25) is 0 Å². The molecule has 0 spiro atoms. The smallest absolute Gasteiger partial charge is 0.336 e. The number of nitrogens with one attached hydrogen (secondary N) is 1. The van der Waals surface area contributed by atoms with Gasteiger partial charge in [0.2, 0.25) is 0 Å². The van der Waals surface area contributed by atoms with Gasteiger partial charge in [0.1, 0.15) is 0 Å². The first-order valence-electron chi connectivity index (χ1n) is 4.67. The highest BCUT2D eigenvalue weighted by atomic mass is 16.4. The number of aliphatic hydroxyl groups excluding tert-OH is 1. The van der Waals surface area contributed by atoms with E-state index in [4.69, 9.17) is 10.2 Å². The predicted molar refractivity (Wildman–Crippen MR) is 52.0 cm³/mol. The highest BCUT2D eigenvalue weighted by Gasteiger charge is 2.29. The summed E-state index contributed by atoms with van der Waals surface area (Å²) >= 11 is 0. The third kappa shape index (κ3) is 5.16. The quantitative estimate of drug-likeness (QED) is 0.447. The molecule has 0 aliphatic carbocycles. The Kier molecular flexibility index (Phi) is 5.68. The number of hydrogen-bond donors (Lipinski definition) is 4. The molecular formula is C9H19NO4. The molecule has 0 fully saturated rings. The van der Waals surface area contributed by atoms with E-state index < -0.39 is 11.6 Å². The fraction of sp³-hybridized carbons (Fsp3) is 0.889. The zero-order valence-electron chi connectivity index (χ0n) is 8.66. The van der Waals surface area contributed by atoms with E-state index in [1.165, 1.54) is 6.92 Å². The molecule has 84 valence electrons. The van der Waals surface area contributed by atoms with Crippen molar-refractivity contribution in [3.63, 3.8) is 0 Å². The van der Waals surface area contributed by atoms with Crippen molar-refractivity contribution < 1.29 is 20.1 Å². The molecule has 0 aromatic rings. The first-order chi connectivity index (χ1) is 6.40. The minimum absolute atomic E-state index is 0.0120. The fourth-order valence-corrected chi connectivity index (χ4v) is 0.960. The summed E-state index contributed by atoms with van der Waals surface area (Å²) in [6.45, 7) is 3.91. The molecule has 0 bridgehead atoms. The lowest BCUT2D eigenvalue weighted by molar-refractivity contribution is -0.156. The van der Waals surface area contributed by atoms with E-state index in [1.807, 2.05) is 6.92 Å². The van der Waals surface area contributed by atoms with Crippen LogP contribution in [0.1, 0.15) is 20.3 Å². The third-order valence-electron chi connectivity index (χ3n) is 2.04. The van der Waals surface area contributed by atoms with Gasteiger partial charge in [-0.2, -0.15) is 0 Å². The number of carboxylic acid groups (broad SMARTS) is 1. The number of aliphatic hydroxyl groups is 2. The normalized spacial score (nSPS) is 17.4. The summed E-state index contributed by atoms with van der Waals surface area (Å²) in [6.07, 6.45) is 0.669. The Balaban J connectivity index is 3.68. The summed E-state index contributed by atoms with van der Waals surface area (Å²) in [5.41, 5.74) is -1.72. The maximum Gasteiger partial charge on any atom is 0.336 e. The molecule has 0 aliphatic rings. The molecule has 0 rings (SSSR count). The second-order valence-electron chi connectivity index (χ2n) is 3.83. The maximum absolute atomic E-state index is 10.5. The Morgan fingerprint density at radius 2 is 2.14 bits per heavy atom. The van der Waals surface area contributed by atoms with Crippen molar-refractivity contribution in [2.45, 2.75) is 25.9 Å². The topological polar surface area (TPSA) is 89.8 Å². The lowest BCUT2D eigenvalue weighted by Crippen LogP contribution is -2.45. The second-order valence-corrected chi connectivity index (χ2v) is 3.83. The molecular weight excluding hydrogens is 186 g/mol. The van der Waals surface area contributed by atoms with Crippen LogP contribution < -0.4 is 5.32 Å². The molecule has 2 unspecified atom stereocenters. The molecule has 2 atom stereocenters. The number of rotatable bonds is 7. The average Bonchev–Trinajstić information content (AvgIpc) is 2.04. The van der Waals surface area contributed by atoms with Crippen molar-refractivity contribution in [1.82, 2.24) is 5.32 Å². The minimum atomic E-state index is -1.72. The number of carboxylic acids is 1. The lowest BCUT2D eigenvalue weighted by Gasteiger charge is -2.19. The van der Waals surface area contributed by atoms with Crippen LogP contribution in [-0.4, -0.2) is 46.6 Å². The number of aliphatic carboxylic acids is 1. The number of carbonyl (C=O) groups is 1. The van der Waals surface area contributed by atoms with Gasteiger partial charge in [-0.15, -0.1) is 0 Å². The molecule has 0 radical (unpaired) electrons. The van der Waals surface area contributed by atoms with Crippen LogP contribution in [0, 0.1) is 5.92 Å². The SMILES string of the molecule is CC(CCO)CNCC(C)(O)C(=O)O. The minimum Gasteiger partial charge on any atom is -0.479 e. The van der Waals surface area contributed by atoms with Gasteiger partial charge < -0.3 is 20.6 Å². The molecule has 4 N–H and O–H groups in total. The summed E-state index contributed by atoms with van der Waals surface area (Å²) in [5, 5.41) is 29.4. The van der Waals surface area contributed by atoms with Gasteiger partial charge in [-0.1, -0.05) is 6.92 Å². The summed E-state index contributed by atoms with van der Waals surface area (Å²) in [4.78, 5) is 10.5. The Labute approximate surface area is 83.8 Å². The Morgan fingerprint density at radius 1 is 1.57 bits per heavy atom. The zero-order chi connectivity index (χ0) is 11.2. The van der Waals surface area contributed by atoms with E-state index in [0.717, 1.165) is 0 Å². The van der Waals surface area contributed by atoms with Crippen molar-refractivity contribution in [3.05, 3.63) is 0 Å². The van der Waals surface area contributed by atoms with Crippen molar-refractivity contribution in [3.8, 4) is 0 Å². The molecule has 0 saturated heterocycles. The van der Waals surface area contributed by atoms with Gasteiger partial charge >= 0.3 is 5.97 Å². The van der Waals surface area contributed by atoms with Crippen LogP contribution >= 0.6 is 0 Å². The van der Waals surface area contributed by atoms with Gasteiger partial charge in [0, 0.05) is 13.2 Å². The average molecular weight is 205 g/mol. The lowest BCUT2D eigenvalue weighted by atomic mass is 10.1. The van der Waals surface area contributed by atoms with Crippen molar-refractivity contribution in [2.24, 2.45) is 5.92 Å². The molecule has 14 heavy (non-hydrogen) atoms. The summed E-state index contributed by atoms with van der Waals surface area (Å²) < 4.78 is 0. The van der Waals surface area contributed by atoms with Crippen LogP contribution in [0.5, 0.6) is 0 Å². The van der Waals surface area contributed by atoms with Gasteiger partial charge in [0.05, 0.1) is 0 Å². The third-order valence-corrected chi connectivity index (χ3v) is 2.04. The van der Waals surface area contributed by atoms with Gasteiger partial charge in [0.25, 0.3) is 0 Å². The second kappa shape index (κ2) is 5.95. The van der Waals surface area contributed by atoms with E-state index in [0.29, 0.717) is 13.0 Å². The van der Waals surface area contributed by atoms with Crippen LogP contribution in [0.2, 0.25) is 0 Å². The molecule has 0 heterocycles. The first-order valence-corrected chi connectivity index (χ1v) is 4.67. The van der Waals surface area contributed by atoms with Crippen LogP contribution in [0.15, 0.2) is 0 Å². The molecule has 0 amide bonds. The number of hydrogen-bond acceptors (Lipinski definition) is 4. The van der Waals surface area contributed by atoms with Crippen LogP contribution in [0.25, 0.3) is 0 Å². The standard InChI is InChI=1S/C9H19NO4/c1-7(3-4-11)5-10-6-9(2,14)8(12)13/h7,10-11,14H,3-6H2,1-2H3,(H,12,13). The molecule has 5 heteroatoms. The fourth-order valence-electron chi connectivity index (χ4n) is 0.960. The monoisotopic (exact) mass is 205 g/mol. The Hall–Kier alpha value is -0.650. The Bertz CT molecular complexity index is 182. The van der Waals surface area contributed by atoms with Gasteiger partial charge in [-0.25, -0.2) is 4.79 Å². The first kappa shape index (κ1) is 13.4. The van der Waals surface area contributed by atoms with Crippen LogP contribution in [-0.2, 0) is 4.79 Å². The van der Waals surface area contributed by atoms with Crippen LogP contribution in [0.3, 0.4) is 0 Å². The maximum atomic E-state index is 10.5. The van der Waals surface area contributed by atoms with Crippen molar-refractivity contribution in [1.29, 1.82) is 0 Å². The Morgan fingerprint density at radius 3 is 2.57 bits per heavy atom. The summed E-state index contributed by atoms with van der Waals surface area (Å²) in [6, 6.07) is 0. The molecule has 0 aromatic carbocycles. The summed E-state index contributed by atoms with van der Waals surface area (Å²) in [5.74, 6) is -0.968. The van der Waals surface area contributed by atoms with E-state index in [2.05, 4.69) is 5.32 Å². The van der Waals surface area contributed by atoms with E-state index in [-0.39, 0.29) is 19.1 Å². The highest BCUT2D eigenvalue weighted by Crippen LogP contribution is 2.02. The van der Waals surface area contributed by atoms with Gasteiger partial charge in [-0.05, 0) is 25.8 Å². The molecule has 0 saturated carbocycles. The van der Waals surface area contributed by atoms with E-state index >= 15 is 0 Å². The largest absolute Gasteiger partial charge is 0.479 e. The molecule has 0 aromatic heterocycles. The molecule has 0 aliphatic heterocycles. The highest BCUT2D eigenvalue weighted by molar-refractivity contribution is 5.76. The van der Waals surface area contributed by atoms with Crippen molar-refractivity contribution in [2.75, 3.05) is 19.7 Å². The van der Waals surface area contributed by atoms with Gasteiger partial charge in [0.15, 0.2) is 5.60 Å². The van der Waals surface area contributed by atoms with Crippen LogP contribution in [0.4, 0.5) is 0 Å². The predicted octanol–water partition coefficient (Wildman–Crippen LogP) is -0.570. The molecule has 5 nitrogen and oxygen atoms in total. The summed E-state index contributed by atoms with van der Waals surface area (Å²) in [7, 11) is 0. The van der Waals surface area contributed by atoms with E-state index in [1.54, 1.807) is 0 Å². The van der Waals surface area contributed by atoms with E-state index in [9.17, 15) is 9.90 Å².